The van der Waals surface area contributed by atoms with Crippen LogP contribution in [0.3, 0.4) is 0 Å². The summed E-state index contributed by atoms with van der Waals surface area (Å²) >= 11 is 0. The number of aliphatic carboxylic acids is 1. The van der Waals surface area contributed by atoms with Crippen LogP contribution < -0.4 is 18.9 Å². The topological polar surface area (TPSA) is 115 Å². The summed E-state index contributed by atoms with van der Waals surface area (Å²) < 4.78 is 86.5. The third kappa shape index (κ3) is 7.13. The maximum atomic E-state index is 13.6. The van der Waals surface area contributed by atoms with Crippen molar-refractivity contribution >= 4 is 16.0 Å². The molecule has 3 atom stereocenters. The summed E-state index contributed by atoms with van der Waals surface area (Å²) in [5.41, 5.74) is 1.49. The predicted molar refractivity (Wildman–Crippen MR) is 156 cm³/mol. The summed E-state index contributed by atoms with van der Waals surface area (Å²) in [6.45, 7) is 2.57. The molecule has 2 heterocycles. The molecule has 14 heteroatoms. The summed E-state index contributed by atoms with van der Waals surface area (Å²) in [5.74, 6) is -1.15. The lowest BCUT2D eigenvalue weighted by Gasteiger charge is -2.30. The van der Waals surface area contributed by atoms with Gasteiger partial charge in [-0.15, -0.1) is 13.2 Å². The second kappa shape index (κ2) is 13.2. The molecule has 45 heavy (non-hydrogen) atoms. The fraction of sp³-hybridized carbons (Fsp3) is 0.387. The Bertz CT molecular complexity index is 1600. The number of fused-ring (bicyclic) bond motifs is 1. The van der Waals surface area contributed by atoms with E-state index in [9.17, 15) is 31.5 Å². The van der Waals surface area contributed by atoms with Gasteiger partial charge >= 0.3 is 12.3 Å². The number of alkyl halides is 3. The molecule has 1 N–H and O–H groups in total. The molecule has 0 saturated carbocycles. The SMILES string of the molecule is CCCN(CCN1C[C@H](c2ccc3c(c2)OCO3)[C@H](C(=O)O)[C@H]1c1ccc(OC)cc1)S(=O)(=O)c1ccc(OC(F)(F)F)cc1. The highest BCUT2D eigenvalue weighted by Crippen LogP contribution is 2.48. The van der Waals surface area contributed by atoms with E-state index in [2.05, 4.69) is 4.74 Å². The average Bonchev–Trinajstić information content (AvgIpc) is 3.63. The number of carbonyl (C=O) groups is 1. The molecule has 0 bridgehead atoms. The van der Waals surface area contributed by atoms with Gasteiger partial charge in [-0.1, -0.05) is 25.1 Å². The van der Waals surface area contributed by atoms with Crippen LogP contribution in [-0.2, 0) is 14.8 Å². The molecule has 0 spiro atoms. The van der Waals surface area contributed by atoms with Gasteiger partial charge < -0.3 is 24.1 Å². The minimum absolute atomic E-state index is 0.0177. The average molecular weight is 651 g/mol. The summed E-state index contributed by atoms with van der Waals surface area (Å²) in [4.78, 5) is 14.7. The Kier molecular flexibility index (Phi) is 9.46. The van der Waals surface area contributed by atoms with Crippen LogP contribution >= 0.6 is 0 Å². The molecular formula is C31H33F3N2O8S. The molecule has 0 unspecified atom stereocenters. The molecule has 0 amide bonds. The molecule has 0 aliphatic carbocycles. The minimum atomic E-state index is -4.91. The van der Waals surface area contributed by atoms with Crippen LogP contribution in [0.25, 0.3) is 0 Å². The highest BCUT2D eigenvalue weighted by Gasteiger charge is 2.47. The standard InChI is InChI=1S/C31H33F3N2O8S/c1-3-14-36(45(39,40)24-11-9-23(10-12-24)44-31(32,33)34)16-15-35-18-25(21-6-13-26-27(17-21)43-19-42-26)28(30(37)38)29(35)20-4-7-22(41-2)8-5-20/h4-13,17,25,28-29H,3,14-16,18-19H2,1-2H3,(H,37,38)/t25-,28+,29-/m1/s1. The second-order valence-electron chi connectivity index (χ2n) is 10.7. The van der Waals surface area contributed by atoms with Gasteiger partial charge in [0.05, 0.1) is 17.9 Å². The number of nitrogens with zero attached hydrogens (tertiary/aromatic N) is 2. The number of likely N-dealkylation sites (tertiary alicyclic amines) is 1. The fourth-order valence-corrected chi connectivity index (χ4v) is 7.47. The van der Waals surface area contributed by atoms with Gasteiger partial charge in [-0.05, 0) is 66.1 Å². The maximum Gasteiger partial charge on any atom is 0.573 e. The van der Waals surface area contributed by atoms with Crippen LogP contribution in [0.2, 0.25) is 0 Å². The van der Waals surface area contributed by atoms with Gasteiger partial charge in [0.1, 0.15) is 11.5 Å². The summed E-state index contributed by atoms with van der Waals surface area (Å²) in [7, 11) is -2.57. The molecule has 3 aromatic carbocycles. The normalized spacial score (nSPS) is 20.0. The van der Waals surface area contributed by atoms with Crippen molar-refractivity contribution in [2.75, 3.05) is 40.1 Å². The molecule has 5 rings (SSSR count). The summed E-state index contributed by atoms with van der Waals surface area (Å²) in [5, 5.41) is 10.5. The van der Waals surface area contributed by atoms with Gasteiger partial charge in [0.2, 0.25) is 16.8 Å². The number of sulfonamides is 1. The zero-order chi connectivity index (χ0) is 32.4. The highest BCUT2D eigenvalue weighted by molar-refractivity contribution is 7.89. The van der Waals surface area contributed by atoms with Gasteiger partial charge in [0.15, 0.2) is 11.5 Å². The van der Waals surface area contributed by atoms with Gasteiger partial charge in [-0.2, -0.15) is 4.31 Å². The number of rotatable bonds is 12. The van der Waals surface area contributed by atoms with E-state index in [1.807, 2.05) is 17.9 Å². The zero-order valence-electron chi connectivity index (χ0n) is 24.6. The van der Waals surface area contributed by atoms with Crippen molar-refractivity contribution in [2.45, 2.75) is 36.6 Å². The van der Waals surface area contributed by atoms with Crippen LogP contribution in [0.4, 0.5) is 13.2 Å². The second-order valence-corrected chi connectivity index (χ2v) is 12.7. The zero-order valence-corrected chi connectivity index (χ0v) is 25.4. The van der Waals surface area contributed by atoms with E-state index in [0.717, 1.165) is 35.4 Å². The molecule has 242 valence electrons. The maximum absolute atomic E-state index is 13.6. The molecule has 0 aromatic heterocycles. The van der Waals surface area contributed by atoms with Crippen molar-refractivity contribution in [2.24, 2.45) is 5.92 Å². The molecule has 2 aliphatic heterocycles. The van der Waals surface area contributed by atoms with Crippen LogP contribution in [0.5, 0.6) is 23.0 Å². The molecule has 1 fully saturated rings. The van der Waals surface area contributed by atoms with E-state index in [1.54, 1.807) is 36.4 Å². The van der Waals surface area contributed by atoms with Crippen LogP contribution in [0.1, 0.15) is 36.4 Å². The first-order valence-corrected chi connectivity index (χ1v) is 15.7. The molecular weight excluding hydrogens is 617 g/mol. The van der Waals surface area contributed by atoms with Gasteiger partial charge in [0.25, 0.3) is 0 Å². The number of hydrogen-bond acceptors (Lipinski definition) is 8. The molecule has 3 aromatic rings. The number of carboxylic acids is 1. The predicted octanol–water partition coefficient (Wildman–Crippen LogP) is 5.26. The van der Waals surface area contributed by atoms with Crippen molar-refractivity contribution in [1.29, 1.82) is 0 Å². The van der Waals surface area contributed by atoms with E-state index in [1.165, 1.54) is 11.4 Å². The number of hydrogen-bond donors (Lipinski definition) is 1. The minimum Gasteiger partial charge on any atom is -0.497 e. The number of ether oxygens (including phenoxy) is 4. The highest BCUT2D eigenvalue weighted by atomic mass is 32.2. The lowest BCUT2D eigenvalue weighted by atomic mass is 9.82. The number of methoxy groups -OCH3 is 1. The largest absolute Gasteiger partial charge is 0.573 e. The Morgan fingerprint density at radius 2 is 1.62 bits per heavy atom. The Morgan fingerprint density at radius 1 is 0.978 bits per heavy atom. The van der Waals surface area contributed by atoms with Crippen molar-refractivity contribution in [3.63, 3.8) is 0 Å². The Balaban J connectivity index is 1.44. The van der Waals surface area contributed by atoms with Crippen molar-refractivity contribution in [3.05, 3.63) is 77.9 Å². The molecule has 1 saturated heterocycles. The van der Waals surface area contributed by atoms with Crippen molar-refractivity contribution in [1.82, 2.24) is 9.21 Å². The first-order chi connectivity index (χ1) is 21.4. The third-order valence-electron chi connectivity index (χ3n) is 7.97. The number of benzene rings is 3. The van der Waals surface area contributed by atoms with E-state index in [0.29, 0.717) is 30.2 Å². The Hall–Kier alpha value is -4.01. The van der Waals surface area contributed by atoms with Crippen molar-refractivity contribution < 1.29 is 50.4 Å². The number of halogens is 3. The van der Waals surface area contributed by atoms with Crippen LogP contribution in [-0.4, -0.2) is 75.1 Å². The van der Waals surface area contributed by atoms with Gasteiger partial charge in [0, 0.05) is 38.1 Å². The van der Waals surface area contributed by atoms with E-state index in [4.69, 9.17) is 14.2 Å². The Morgan fingerprint density at radius 3 is 2.24 bits per heavy atom. The van der Waals surface area contributed by atoms with Gasteiger partial charge in [-0.25, -0.2) is 8.42 Å². The number of carboxylic acid groups (broad SMARTS) is 1. The first kappa shape index (κ1) is 32.4. The summed E-state index contributed by atoms with van der Waals surface area (Å²) in [6.07, 6.45) is -4.43. The summed E-state index contributed by atoms with van der Waals surface area (Å²) in [6, 6.07) is 15.9. The third-order valence-corrected chi connectivity index (χ3v) is 9.88. The molecule has 10 nitrogen and oxygen atoms in total. The smallest absolute Gasteiger partial charge is 0.497 e. The van der Waals surface area contributed by atoms with E-state index < -0.39 is 46.0 Å². The first-order valence-electron chi connectivity index (χ1n) is 14.3. The van der Waals surface area contributed by atoms with Crippen molar-refractivity contribution in [3.8, 4) is 23.0 Å². The quantitative estimate of drug-likeness (QED) is 0.280. The lowest BCUT2D eigenvalue weighted by Crippen LogP contribution is -2.39. The Labute approximate surface area is 258 Å². The van der Waals surface area contributed by atoms with Gasteiger partial charge in [-0.3, -0.25) is 9.69 Å². The molecule has 2 aliphatic rings. The fourth-order valence-electron chi connectivity index (χ4n) is 5.94. The van der Waals surface area contributed by atoms with E-state index >= 15 is 0 Å². The van der Waals surface area contributed by atoms with Crippen LogP contribution in [0.15, 0.2) is 71.6 Å². The van der Waals surface area contributed by atoms with E-state index in [-0.39, 0.29) is 31.3 Å². The lowest BCUT2D eigenvalue weighted by molar-refractivity contribution is -0.274. The van der Waals surface area contributed by atoms with Crippen LogP contribution in [0, 0.1) is 5.92 Å². The monoisotopic (exact) mass is 650 g/mol. The molecule has 0 radical (unpaired) electrons.